The van der Waals surface area contributed by atoms with Gasteiger partial charge in [0.05, 0.1) is 5.69 Å². The van der Waals surface area contributed by atoms with Gasteiger partial charge in [0.25, 0.3) is 11.8 Å². The van der Waals surface area contributed by atoms with E-state index >= 15 is 0 Å². The summed E-state index contributed by atoms with van der Waals surface area (Å²) >= 11 is 6.25. The number of carbonyl (C=O) groups is 3. The Bertz CT molecular complexity index is 1660. The highest BCUT2D eigenvalue weighted by Crippen LogP contribution is 2.34. The van der Waals surface area contributed by atoms with Crippen molar-refractivity contribution in [2.24, 2.45) is 0 Å². The molecule has 0 spiro atoms. The number of fused-ring (bicyclic) bond motifs is 1. The minimum atomic E-state index is -0.827. The van der Waals surface area contributed by atoms with E-state index in [2.05, 4.69) is 18.3 Å². The monoisotopic (exact) mass is 524 g/mol. The fourth-order valence-corrected chi connectivity index (χ4v) is 4.63. The van der Waals surface area contributed by atoms with Crippen LogP contribution in [0.25, 0.3) is 16.8 Å². The number of nitrogens with one attached hydrogen (secondary N) is 1. The van der Waals surface area contributed by atoms with Gasteiger partial charge in [-0.15, -0.1) is 0 Å². The van der Waals surface area contributed by atoms with Crippen LogP contribution < -0.4 is 15.0 Å². The molecule has 1 aliphatic heterocycles. The maximum atomic E-state index is 13.6. The summed E-state index contributed by atoms with van der Waals surface area (Å²) in [4.78, 5) is 40.2. The van der Waals surface area contributed by atoms with Gasteiger partial charge in [0.1, 0.15) is 17.9 Å². The molecule has 5 rings (SSSR count). The number of amides is 4. The number of nitrogens with zero attached hydrogens (tertiary/aromatic N) is 1. The van der Waals surface area contributed by atoms with Crippen LogP contribution in [0, 0.1) is 20.8 Å². The fraction of sp³-hybridized carbons (Fsp3) is 0.129. The minimum Gasteiger partial charge on any atom is -0.488 e. The summed E-state index contributed by atoms with van der Waals surface area (Å²) in [7, 11) is 0. The third-order valence-corrected chi connectivity index (χ3v) is 7.18. The zero-order valence-electron chi connectivity index (χ0n) is 21.2. The van der Waals surface area contributed by atoms with Gasteiger partial charge in [-0.3, -0.25) is 14.9 Å². The first-order valence-corrected chi connectivity index (χ1v) is 12.5. The predicted octanol–water partition coefficient (Wildman–Crippen LogP) is 6.66. The Morgan fingerprint density at radius 1 is 0.895 bits per heavy atom. The minimum absolute atomic E-state index is 0.184. The number of imide groups is 2. The van der Waals surface area contributed by atoms with Crippen LogP contribution in [0.15, 0.2) is 78.4 Å². The largest absolute Gasteiger partial charge is 0.488 e. The van der Waals surface area contributed by atoms with Crippen molar-refractivity contribution in [3.05, 3.63) is 111 Å². The summed E-state index contributed by atoms with van der Waals surface area (Å²) in [5, 5.41) is 4.41. The molecule has 1 N–H and O–H groups in total. The summed E-state index contributed by atoms with van der Waals surface area (Å²) in [6.45, 7) is 6.12. The molecule has 1 fully saturated rings. The number of benzene rings is 4. The highest BCUT2D eigenvalue weighted by Gasteiger charge is 2.38. The van der Waals surface area contributed by atoms with Crippen molar-refractivity contribution >= 4 is 52.0 Å². The summed E-state index contributed by atoms with van der Waals surface area (Å²) in [5.74, 6) is -1.00. The maximum Gasteiger partial charge on any atom is 0.335 e. The highest BCUT2D eigenvalue weighted by atomic mass is 35.5. The van der Waals surface area contributed by atoms with Gasteiger partial charge in [-0.1, -0.05) is 66.2 Å². The summed E-state index contributed by atoms with van der Waals surface area (Å²) < 4.78 is 6.22. The van der Waals surface area contributed by atoms with Gasteiger partial charge < -0.3 is 4.74 Å². The Morgan fingerprint density at radius 3 is 2.47 bits per heavy atom. The van der Waals surface area contributed by atoms with E-state index < -0.39 is 17.8 Å². The van der Waals surface area contributed by atoms with E-state index in [4.69, 9.17) is 16.3 Å². The SMILES string of the molecule is Cc1ccc(COc2ccc3ccccc3c2/C=C2\C(=O)NC(=O)N(c3cccc(Cl)c3C)C2=O)cc1C. The number of barbiturate groups is 1. The second-order valence-electron chi connectivity index (χ2n) is 9.25. The van der Waals surface area contributed by atoms with Gasteiger partial charge in [0, 0.05) is 10.6 Å². The van der Waals surface area contributed by atoms with E-state index in [1.165, 1.54) is 11.6 Å². The molecule has 4 aromatic carbocycles. The zero-order chi connectivity index (χ0) is 27.0. The van der Waals surface area contributed by atoms with Crippen LogP contribution in [-0.4, -0.2) is 17.8 Å². The number of hydrogen-bond donors (Lipinski definition) is 1. The van der Waals surface area contributed by atoms with Gasteiger partial charge in [-0.25, -0.2) is 9.69 Å². The first-order chi connectivity index (χ1) is 18.2. The lowest BCUT2D eigenvalue weighted by atomic mass is 9.99. The van der Waals surface area contributed by atoms with Gasteiger partial charge in [-0.05, 0) is 78.1 Å². The van der Waals surface area contributed by atoms with Gasteiger partial charge in [0.15, 0.2) is 0 Å². The van der Waals surface area contributed by atoms with Crippen molar-refractivity contribution in [3.8, 4) is 5.75 Å². The van der Waals surface area contributed by atoms with E-state index in [-0.39, 0.29) is 5.57 Å². The lowest BCUT2D eigenvalue weighted by molar-refractivity contribution is -0.122. The van der Waals surface area contributed by atoms with Crippen molar-refractivity contribution in [2.75, 3.05) is 4.90 Å². The smallest absolute Gasteiger partial charge is 0.335 e. The third-order valence-electron chi connectivity index (χ3n) is 6.77. The van der Waals surface area contributed by atoms with Crippen LogP contribution >= 0.6 is 11.6 Å². The van der Waals surface area contributed by atoms with Crippen LogP contribution in [0.5, 0.6) is 5.75 Å². The third kappa shape index (κ3) is 4.66. The van der Waals surface area contributed by atoms with E-state index in [1.807, 2.05) is 55.5 Å². The number of halogens is 1. The first-order valence-electron chi connectivity index (χ1n) is 12.1. The topological polar surface area (TPSA) is 75.7 Å². The normalized spacial score (nSPS) is 14.8. The number of ether oxygens (including phenoxy) is 1. The molecule has 1 heterocycles. The molecule has 0 aliphatic carbocycles. The quantitative estimate of drug-likeness (QED) is 0.234. The Labute approximate surface area is 225 Å². The van der Waals surface area contributed by atoms with E-state index in [1.54, 1.807) is 25.1 Å². The predicted molar refractivity (Wildman–Crippen MR) is 149 cm³/mol. The van der Waals surface area contributed by atoms with Crippen molar-refractivity contribution in [1.29, 1.82) is 0 Å². The molecular weight excluding hydrogens is 500 g/mol. The number of hydrogen-bond acceptors (Lipinski definition) is 4. The fourth-order valence-electron chi connectivity index (χ4n) is 4.46. The second-order valence-corrected chi connectivity index (χ2v) is 9.65. The lowest BCUT2D eigenvalue weighted by Gasteiger charge is -2.28. The first kappa shape index (κ1) is 25.2. The highest BCUT2D eigenvalue weighted by molar-refractivity contribution is 6.40. The summed E-state index contributed by atoms with van der Waals surface area (Å²) in [5.41, 5.74) is 4.60. The number of carbonyl (C=O) groups excluding carboxylic acids is 3. The van der Waals surface area contributed by atoms with Crippen molar-refractivity contribution in [1.82, 2.24) is 5.32 Å². The number of anilines is 1. The average Bonchev–Trinajstić information content (AvgIpc) is 2.90. The van der Waals surface area contributed by atoms with Crippen LogP contribution in [0.2, 0.25) is 5.02 Å². The van der Waals surface area contributed by atoms with Crippen molar-refractivity contribution < 1.29 is 19.1 Å². The molecule has 0 saturated carbocycles. The zero-order valence-corrected chi connectivity index (χ0v) is 21.9. The molecule has 0 atom stereocenters. The molecule has 0 aromatic heterocycles. The Hall–Kier alpha value is -4.42. The molecule has 1 saturated heterocycles. The molecule has 0 radical (unpaired) electrons. The number of aryl methyl sites for hydroxylation is 2. The molecule has 7 heteroatoms. The second kappa shape index (κ2) is 10.1. The standard InChI is InChI=1S/C31H25ClN2O4/c1-18-11-12-21(15-19(18)2)17-38-28-14-13-22-7-4-5-8-23(22)24(28)16-25-29(35)33-31(37)34(30(25)36)27-10-6-9-26(32)20(27)3/h4-16H,17H2,1-3H3,(H,33,35,37)/b25-16+. The van der Waals surface area contributed by atoms with E-state index in [9.17, 15) is 14.4 Å². The van der Waals surface area contributed by atoms with Crippen LogP contribution in [-0.2, 0) is 16.2 Å². The molecule has 4 aromatic rings. The maximum absolute atomic E-state index is 13.6. The van der Waals surface area contributed by atoms with Gasteiger partial charge in [-0.2, -0.15) is 0 Å². The molecule has 38 heavy (non-hydrogen) atoms. The summed E-state index contributed by atoms with van der Waals surface area (Å²) in [6, 6.07) is 21.6. The molecule has 4 amide bonds. The molecule has 190 valence electrons. The molecule has 0 unspecified atom stereocenters. The van der Waals surface area contributed by atoms with Gasteiger partial charge in [0.2, 0.25) is 0 Å². The average molecular weight is 525 g/mol. The van der Waals surface area contributed by atoms with Crippen LogP contribution in [0.4, 0.5) is 10.5 Å². The Balaban J connectivity index is 1.59. The Morgan fingerprint density at radius 2 is 1.68 bits per heavy atom. The van der Waals surface area contributed by atoms with Crippen LogP contribution in [0.1, 0.15) is 27.8 Å². The molecule has 0 bridgehead atoms. The number of urea groups is 1. The van der Waals surface area contributed by atoms with Crippen LogP contribution in [0.3, 0.4) is 0 Å². The Kier molecular flexibility index (Phi) is 6.74. The van der Waals surface area contributed by atoms with E-state index in [0.717, 1.165) is 26.8 Å². The lowest BCUT2D eigenvalue weighted by Crippen LogP contribution is -2.54. The van der Waals surface area contributed by atoms with Crippen molar-refractivity contribution in [3.63, 3.8) is 0 Å². The molecule has 6 nitrogen and oxygen atoms in total. The van der Waals surface area contributed by atoms with Gasteiger partial charge >= 0.3 is 6.03 Å². The summed E-state index contributed by atoms with van der Waals surface area (Å²) in [6.07, 6.45) is 1.50. The van der Waals surface area contributed by atoms with Crippen molar-refractivity contribution in [2.45, 2.75) is 27.4 Å². The number of rotatable bonds is 5. The van der Waals surface area contributed by atoms with E-state index in [0.29, 0.717) is 34.2 Å². The molecular formula is C31H25ClN2O4. The molecule has 1 aliphatic rings.